The average molecular weight is 730 g/mol. The third-order valence-electron chi connectivity index (χ3n) is 17.3. The summed E-state index contributed by atoms with van der Waals surface area (Å²) < 4.78 is 16.9. The first kappa shape index (κ1) is 36.9. The Morgan fingerprint density at radius 2 is 1.58 bits per heavy atom. The number of carbonyl (C=O) groups excluding carboxylic acids is 3. The predicted molar refractivity (Wildman–Crippen MR) is 199 cm³/mol. The van der Waals surface area contributed by atoms with Gasteiger partial charge in [0.25, 0.3) is 5.91 Å². The summed E-state index contributed by atoms with van der Waals surface area (Å²) in [6.45, 7) is 11.4. The Balaban J connectivity index is 1.19. The second-order valence-electron chi connectivity index (χ2n) is 19.1. The second-order valence-corrected chi connectivity index (χ2v) is 19.1. The van der Waals surface area contributed by atoms with Crippen LogP contribution < -0.4 is 4.74 Å². The molecular formula is C44H59NO8. The maximum Gasteiger partial charge on any atom is 0.313 e. The number of amides is 1. The minimum Gasteiger partial charge on any atom is -0.497 e. The van der Waals surface area contributed by atoms with E-state index in [-0.39, 0.29) is 41.5 Å². The SMILES string of the molecule is COCCCN(CC1(O)CCC2C34C=CC5(C=C3C(=O)c3ccc(OC)cc3)CC(O)CCC5(C)C4CCC21C)C(=O)C12CCC(C)(C(=O)O1)C2(C)C. The molecule has 8 aliphatic rings. The van der Waals surface area contributed by atoms with E-state index < -0.39 is 44.4 Å². The highest BCUT2D eigenvalue weighted by Gasteiger charge is 2.78. The molecule has 10 atom stereocenters. The van der Waals surface area contributed by atoms with E-state index in [0.29, 0.717) is 63.0 Å². The molecule has 1 amide bonds. The summed E-state index contributed by atoms with van der Waals surface area (Å²) in [5.41, 5.74) is -4.41. The quantitative estimate of drug-likeness (QED) is 0.122. The Morgan fingerprint density at radius 1 is 0.906 bits per heavy atom. The number of ether oxygens (including phenoxy) is 3. The Hall–Kier alpha value is -3.01. The zero-order valence-corrected chi connectivity index (χ0v) is 32.8. The van der Waals surface area contributed by atoms with Crippen LogP contribution in [-0.2, 0) is 19.1 Å². The number of ketones is 1. The fraction of sp³-hybridized carbons (Fsp3) is 0.705. The van der Waals surface area contributed by atoms with Crippen molar-refractivity contribution < 1.29 is 38.8 Å². The van der Waals surface area contributed by atoms with Crippen LogP contribution in [0.3, 0.4) is 0 Å². The molecule has 9 heteroatoms. The largest absolute Gasteiger partial charge is 0.497 e. The maximum absolute atomic E-state index is 14.9. The van der Waals surface area contributed by atoms with Gasteiger partial charge in [-0.3, -0.25) is 14.4 Å². The van der Waals surface area contributed by atoms with Crippen molar-refractivity contribution in [3.8, 4) is 5.75 Å². The molecule has 0 aromatic heterocycles. The van der Waals surface area contributed by atoms with Crippen LogP contribution in [0.1, 0.15) is 109 Å². The molecule has 7 aliphatic carbocycles. The summed E-state index contributed by atoms with van der Waals surface area (Å²) in [4.78, 5) is 44.9. The number of methoxy groups -OCH3 is 2. The van der Waals surface area contributed by atoms with Gasteiger partial charge in [-0.15, -0.1) is 0 Å². The second kappa shape index (κ2) is 11.8. The Labute approximate surface area is 314 Å². The molecule has 0 radical (unpaired) electrons. The Bertz CT molecular complexity index is 1780. The third-order valence-corrected chi connectivity index (χ3v) is 17.3. The number of fused-ring (bicyclic) bond motifs is 3. The van der Waals surface area contributed by atoms with Gasteiger partial charge in [0.2, 0.25) is 0 Å². The number of nitrogens with zero attached hydrogens (tertiary/aromatic N) is 1. The molecular weight excluding hydrogens is 670 g/mol. The van der Waals surface area contributed by atoms with E-state index in [1.54, 1.807) is 19.1 Å². The van der Waals surface area contributed by atoms with E-state index in [2.05, 4.69) is 32.1 Å². The van der Waals surface area contributed by atoms with Gasteiger partial charge in [-0.05, 0) is 113 Å². The highest BCUT2D eigenvalue weighted by molar-refractivity contribution is 6.10. The average Bonchev–Trinajstić information content (AvgIpc) is 3.58. The van der Waals surface area contributed by atoms with Gasteiger partial charge in [0.05, 0.1) is 30.8 Å². The van der Waals surface area contributed by atoms with Crippen LogP contribution >= 0.6 is 0 Å². The topological polar surface area (TPSA) is 123 Å². The van der Waals surface area contributed by atoms with Crippen LogP contribution in [0.5, 0.6) is 5.75 Å². The van der Waals surface area contributed by atoms with E-state index in [0.717, 1.165) is 31.3 Å². The molecule has 1 saturated heterocycles. The zero-order chi connectivity index (χ0) is 38.0. The van der Waals surface area contributed by atoms with Crippen LogP contribution in [0.25, 0.3) is 0 Å². The van der Waals surface area contributed by atoms with Crippen molar-refractivity contribution in [1.82, 2.24) is 4.90 Å². The van der Waals surface area contributed by atoms with E-state index >= 15 is 0 Å². The molecule has 1 aromatic rings. The highest BCUT2D eigenvalue weighted by atomic mass is 16.6. The van der Waals surface area contributed by atoms with Crippen molar-refractivity contribution in [1.29, 1.82) is 0 Å². The highest BCUT2D eigenvalue weighted by Crippen LogP contribution is 2.78. The fourth-order valence-electron chi connectivity index (χ4n) is 13.4. The maximum atomic E-state index is 14.9. The summed E-state index contributed by atoms with van der Waals surface area (Å²) in [6, 6.07) is 7.34. The van der Waals surface area contributed by atoms with Gasteiger partial charge >= 0.3 is 5.97 Å². The van der Waals surface area contributed by atoms with Gasteiger partial charge in [-0.1, -0.05) is 45.9 Å². The van der Waals surface area contributed by atoms with Crippen molar-refractivity contribution in [3.63, 3.8) is 0 Å². The van der Waals surface area contributed by atoms with Gasteiger partial charge in [0.15, 0.2) is 11.4 Å². The van der Waals surface area contributed by atoms with E-state index in [1.807, 2.05) is 45.0 Å². The molecule has 2 spiro atoms. The lowest BCUT2D eigenvalue weighted by Crippen LogP contribution is -2.68. The first-order chi connectivity index (χ1) is 24.9. The number of benzene rings is 1. The molecule has 53 heavy (non-hydrogen) atoms. The van der Waals surface area contributed by atoms with Gasteiger partial charge in [0.1, 0.15) is 5.75 Å². The molecule has 5 fully saturated rings. The summed E-state index contributed by atoms with van der Waals surface area (Å²) in [5, 5.41) is 24.3. The summed E-state index contributed by atoms with van der Waals surface area (Å²) in [6.07, 6.45) is 13.1. The van der Waals surface area contributed by atoms with Gasteiger partial charge in [0, 0.05) is 53.1 Å². The third kappa shape index (κ3) is 4.45. The monoisotopic (exact) mass is 729 g/mol. The number of aliphatic hydroxyl groups is 2. The minimum absolute atomic E-state index is 0.00628. The number of carbonyl (C=O) groups is 3. The lowest BCUT2D eigenvalue weighted by Gasteiger charge is -2.71. The molecule has 10 unspecified atom stereocenters. The molecule has 2 N–H and O–H groups in total. The van der Waals surface area contributed by atoms with Gasteiger partial charge in [-0.25, -0.2) is 0 Å². The summed E-state index contributed by atoms with van der Waals surface area (Å²) in [5.74, 6) is 0.243. The minimum atomic E-state index is -1.28. The number of hydrogen-bond acceptors (Lipinski definition) is 8. The van der Waals surface area contributed by atoms with Crippen molar-refractivity contribution in [2.75, 3.05) is 33.9 Å². The van der Waals surface area contributed by atoms with Gasteiger partial charge in [-0.2, -0.15) is 0 Å². The normalized spacial score (nSPS) is 44.1. The molecule has 4 bridgehead atoms. The molecule has 4 saturated carbocycles. The zero-order valence-electron chi connectivity index (χ0n) is 32.8. The standard InChI is InChI=1S/C44H59NO8/c1-37(2)40(5)19-22-44(37,53-36(40)49)35(48)45(23-8-24-51-6)27-42(50)18-15-33-39(42,4)17-14-32-38(3)16-13-29(46)25-41(38)20-21-43(32,33)31(26-41)34(47)28-9-11-30(52-7)12-10-28/h9-12,20-21,26,29,32-33,46,50H,8,13-19,22-25,27H2,1-7H3. The molecule has 9 rings (SSSR count). The van der Waals surface area contributed by atoms with Gasteiger partial charge < -0.3 is 29.3 Å². The number of rotatable bonds is 10. The molecule has 1 heterocycles. The first-order valence-corrected chi connectivity index (χ1v) is 20.0. The van der Waals surface area contributed by atoms with E-state index in [4.69, 9.17) is 14.2 Å². The lowest BCUT2D eigenvalue weighted by molar-refractivity contribution is -0.187. The smallest absolute Gasteiger partial charge is 0.313 e. The Kier molecular flexibility index (Phi) is 8.19. The summed E-state index contributed by atoms with van der Waals surface area (Å²) in [7, 11) is 3.26. The van der Waals surface area contributed by atoms with Crippen molar-refractivity contribution >= 4 is 17.7 Å². The van der Waals surface area contributed by atoms with Crippen LogP contribution in [-0.4, -0.2) is 84.0 Å². The summed E-state index contributed by atoms with van der Waals surface area (Å²) >= 11 is 0. The number of hydrogen-bond donors (Lipinski definition) is 2. The fourth-order valence-corrected chi connectivity index (χ4v) is 13.4. The number of allylic oxidation sites excluding steroid dienone is 4. The van der Waals surface area contributed by atoms with Crippen molar-refractivity contribution in [2.24, 2.45) is 44.3 Å². The van der Waals surface area contributed by atoms with Crippen molar-refractivity contribution in [3.05, 3.63) is 53.6 Å². The molecule has 288 valence electrons. The van der Waals surface area contributed by atoms with Crippen LogP contribution in [0.4, 0.5) is 0 Å². The Morgan fingerprint density at radius 3 is 2.23 bits per heavy atom. The number of Topliss-reactive ketones (excluding diaryl/α,β-unsaturated/α-hetero) is 1. The molecule has 9 nitrogen and oxygen atoms in total. The first-order valence-electron chi connectivity index (χ1n) is 20.0. The van der Waals surface area contributed by atoms with Crippen molar-refractivity contribution in [2.45, 2.75) is 116 Å². The van der Waals surface area contributed by atoms with E-state index in [9.17, 15) is 24.6 Å². The van der Waals surface area contributed by atoms with E-state index in [1.165, 1.54) is 0 Å². The molecule has 1 aliphatic heterocycles. The predicted octanol–water partition coefficient (Wildman–Crippen LogP) is 6.46. The lowest BCUT2D eigenvalue weighted by atomic mass is 9.32. The molecule has 1 aromatic carbocycles. The van der Waals surface area contributed by atoms with Crippen LogP contribution in [0.15, 0.2) is 48.1 Å². The number of aliphatic hydroxyl groups excluding tert-OH is 1. The van der Waals surface area contributed by atoms with Crippen LogP contribution in [0.2, 0.25) is 0 Å². The van der Waals surface area contributed by atoms with Crippen LogP contribution in [0, 0.1) is 44.3 Å². The number of esters is 1.